The fourth-order valence-electron chi connectivity index (χ4n) is 12.1. The molecule has 326 valence electrons. The molecule has 5 amide bonds. The number of carbonyl (C=O) groups is 5. The summed E-state index contributed by atoms with van der Waals surface area (Å²) in [6, 6.07) is -2.94. The van der Waals surface area contributed by atoms with Crippen LogP contribution in [0.5, 0.6) is 0 Å². The molecule has 58 heavy (non-hydrogen) atoms. The van der Waals surface area contributed by atoms with Gasteiger partial charge in [-0.05, 0) is 94.9 Å². The summed E-state index contributed by atoms with van der Waals surface area (Å²) in [6.45, 7) is 21.0. The van der Waals surface area contributed by atoms with Crippen LogP contribution in [0.2, 0.25) is 0 Å². The van der Waals surface area contributed by atoms with Crippen LogP contribution in [0.15, 0.2) is 12.7 Å². The molecule has 0 radical (unpaired) electrons. The van der Waals surface area contributed by atoms with E-state index in [0.29, 0.717) is 13.0 Å². The molecule has 6 aliphatic rings. The number of nitrogens with zero attached hydrogens (tertiary/aromatic N) is 3. The zero-order valence-electron chi connectivity index (χ0n) is 36.4. The van der Waals surface area contributed by atoms with E-state index in [4.69, 9.17) is 0 Å². The maximum atomic E-state index is 14.7. The Kier molecular flexibility index (Phi) is 12.4. The van der Waals surface area contributed by atoms with Crippen molar-refractivity contribution < 1.29 is 32.4 Å². The van der Waals surface area contributed by atoms with Crippen molar-refractivity contribution in [3.63, 3.8) is 0 Å². The smallest absolute Gasteiger partial charge is 0.303 e. The Morgan fingerprint density at radius 3 is 2.02 bits per heavy atom. The fraction of sp³-hybridized carbons (Fsp3) is 0.837. The molecule has 0 aromatic carbocycles. The lowest BCUT2D eigenvalue weighted by molar-refractivity contribution is -0.143. The van der Waals surface area contributed by atoms with E-state index in [-0.39, 0.29) is 53.7 Å². The standard InChI is InChI=1S/C43H71N7O7S/c1-10-30-25-43(30,38(55)47-58(56,57)48(11-2)12-3)46-35(52)32-26-42(39(7,8)41(42)22-18-23-41)27-50(32)37(54)29(6)44-36(53)33(40(9)20-15-13-16-21-40)45-34(51)31-19-14-17-24-49(31)28(4)5/h10,28-33H,1,11-27H2,2-9H3,(H,44,53)(H,45,51)(H,46,52)(H,47,55)/t29-,30+,31-,32-,33+,42+,43+/m0/s1. The Labute approximate surface area is 347 Å². The van der Waals surface area contributed by atoms with Gasteiger partial charge in [0.1, 0.15) is 23.7 Å². The van der Waals surface area contributed by atoms with Gasteiger partial charge in [-0.2, -0.15) is 12.7 Å². The first-order valence-corrected chi connectivity index (χ1v) is 23.6. The summed E-state index contributed by atoms with van der Waals surface area (Å²) in [6.07, 6.45) is 12.4. The summed E-state index contributed by atoms with van der Waals surface area (Å²) >= 11 is 0. The SMILES string of the molecule is C=C[C@@H]1C[C@]1(NC(=O)[C@@H]1C[C@@]2(CN1C(=O)[C@H](C)NC(=O)[C@@H](NC(=O)[C@@H]1CCCCN1C(C)C)C1(C)CCCCC1)C(C)(C)C21CCC1)C(=O)NS(=O)(=O)N(CC)CC. The molecule has 0 aromatic heterocycles. The molecule has 2 spiro atoms. The van der Waals surface area contributed by atoms with E-state index in [2.05, 4.69) is 66.8 Å². The summed E-state index contributed by atoms with van der Waals surface area (Å²) in [4.78, 5) is 75.4. The fourth-order valence-corrected chi connectivity index (χ4v) is 13.4. The van der Waals surface area contributed by atoms with E-state index < -0.39 is 68.8 Å². The van der Waals surface area contributed by atoms with E-state index in [9.17, 15) is 32.4 Å². The van der Waals surface area contributed by atoms with Crippen LogP contribution in [0, 0.1) is 27.6 Å². The van der Waals surface area contributed by atoms with Crippen molar-refractivity contribution in [2.75, 3.05) is 26.2 Å². The topological polar surface area (TPSA) is 177 Å². The summed E-state index contributed by atoms with van der Waals surface area (Å²) in [5.74, 6) is -2.81. The molecular formula is C43H71N7O7S. The van der Waals surface area contributed by atoms with Crippen molar-refractivity contribution in [3.8, 4) is 0 Å². The maximum Gasteiger partial charge on any atom is 0.303 e. The van der Waals surface area contributed by atoms with Gasteiger partial charge in [0, 0.05) is 37.0 Å². The van der Waals surface area contributed by atoms with Crippen LogP contribution < -0.4 is 20.7 Å². The third-order valence-corrected chi connectivity index (χ3v) is 17.8. The van der Waals surface area contributed by atoms with Crippen LogP contribution in [0.25, 0.3) is 0 Å². The normalized spacial score (nSPS) is 31.9. The number of hydrogen-bond donors (Lipinski definition) is 4. The Hall–Kier alpha value is -3.04. The van der Waals surface area contributed by atoms with Crippen LogP contribution in [0.4, 0.5) is 0 Å². The van der Waals surface area contributed by atoms with Crippen molar-refractivity contribution >= 4 is 39.7 Å². The van der Waals surface area contributed by atoms with Crippen molar-refractivity contribution in [2.24, 2.45) is 27.6 Å². The number of carbonyl (C=O) groups excluding carboxylic acids is 5. The first kappa shape index (κ1) is 44.5. The number of piperidine rings is 1. The van der Waals surface area contributed by atoms with Crippen molar-refractivity contribution in [1.29, 1.82) is 0 Å². The largest absolute Gasteiger partial charge is 0.343 e. The predicted octanol–water partition coefficient (Wildman–Crippen LogP) is 3.77. The molecule has 6 fully saturated rings. The molecule has 0 unspecified atom stereocenters. The van der Waals surface area contributed by atoms with Gasteiger partial charge in [0.2, 0.25) is 23.6 Å². The molecule has 15 heteroatoms. The van der Waals surface area contributed by atoms with Gasteiger partial charge in [0.25, 0.3) is 5.91 Å². The maximum absolute atomic E-state index is 14.7. The number of rotatable bonds is 15. The van der Waals surface area contributed by atoms with E-state index in [1.165, 1.54) is 0 Å². The van der Waals surface area contributed by atoms with Crippen LogP contribution in [0.3, 0.4) is 0 Å². The van der Waals surface area contributed by atoms with Crippen LogP contribution in [0.1, 0.15) is 139 Å². The van der Waals surface area contributed by atoms with Gasteiger partial charge in [0.15, 0.2) is 0 Å². The number of nitrogens with one attached hydrogen (secondary N) is 4. The summed E-state index contributed by atoms with van der Waals surface area (Å²) < 4.78 is 29.5. The minimum Gasteiger partial charge on any atom is -0.343 e. The minimum absolute atomic E-state index is 0.00980. The highest BCUT2D eigenvalue weighted by Crippen LogP contribution is 2.88. The molecule has 7 atom stereocenters. The van der Waals surface area contributed by atoms with Gasteiger partial charge in [-0.15, -0.1) is 6.58 Å². The van der Waals surface area contributed by atoms with E-state index in [1.54, 1.807) is 31.7 Å². The molecule has 14 nitrogen and oxygen atoms in total. The Balaban J connectivity index is 1.23. The van der Waals surface area contributed by atoms with E-state index >= 15 is 0 Å². The molecule has 4 saturated carbocycles. The molecule has 4 aliphatic carbocycles. The quantitative estimate of drug-likeness (QED) is 0.181. The number of likely N-dealkylation sites (tertiary alicyclic amines) is 2. The van der Waals surface area contributed by atoms with E-state index in [0.717, 1.165) is 81.5 Å². The molecule has 0 aromatic rings. The van der Waals surface area contributed by atoms with Crippen LogP contribution in [-0.4, -0.2) is 114 Å². The lowest BCUT2D eigenvalue weighted by atomic mass is 9.70. The van der Waals surface area contributed by atoms with Gasteiger partial charge in [-0.1, -0.05) is 72.8 Å². The van der Waals surface area contributed by atoms with Gasteiger partial charge < -0.3 is 20.9 Å². The highest BCUT2D eigenvalue weighted by Gasteiger charge is 2.85. The Bertz CT molecular complexity index is 1750. The summed E-state index contributed by atoms with van der Waals surface area (Å²) in [5, 5.41) is 9.11. The Morgan fingerprint density at radius 2 is 1.48 bits per heavy atom. The lowest BCUT2D eigenvalue weighted by Crippen LogP contribution is -2.63. The Morgan fingerprint density at radius 1 is 0.828 bits per heavy atom. The second-order valence-electron chi connectivity index (χ2n) is 19.6. The first-order valence-electron chi connectivity index (χ1n) is 22.2. The third kappa shape index (κ3) is 7.30. The number of fused-ring (bicyclic) bond motifs is 1. The second kappa shape index (κ2) is 16.1. The van der Waals surface area contributed by atoms with Crippen molar-refractivity contribution in [1.82, 2.24) is 34.8 Å². The van der Waals surface area contributed by atoms with E-state index in [1.807, 2.05) is 0 Å². The minimum atomic E-state index is -4.16. The number of amides is 5. The molecule has 0 bridgehead atoms. The number of hydrogen-bond acceptors (Lipinski definition) is 8. The molecule has 6 rings (SSSR count). The average molecular weight is 830 g/mol. The van der Waals surface area contributed by atoms with Gasteiger partial charge >= 0.3 is 10.2 Å². The zero-order valence-corrected chi connectivity index (χ0v) is 37.2. The highest BCUT2D eigenvalue weighted by molar-refractivity contribution is 7.87. The van der Waals surface area contributed by atoms with Crippen molar-refractivity contribution in [3.05, 3.63) is 12.7 Å². The first-order chi connectivity index (χ1) is 27.2. The van der Waals surface area contributed by atoms with Gasteiger partial charge in [-0.25, -0.2) is 4.72 Å². The van der Waals surface area contributed by atoms with Crippen molar-refractivity contribution in [2.45, 2.75) is 175 Å². The van der Waals surface area contributed by atoms with Gasteiger partial charge in [-0.3, -0.25) is 28.9 Å². The third-order valence-electron chi connectivity index (χ3n) is 16.2. The summed E-state index contributed by atoms with van der Waals surface area (Å²) in [5.41, 5.74) is -2.49. The monoisotopic (exact) mass is 830 g/mol. The summed E-state index contributed by atoms with van der Waals surface area (Å²) in [7, 11) is -4.16. The van der Waals surface area contributed by atoms with Crippen LogP contribution in [-0.2, 0) is 34.2 Å². The highest BCUT2D eigenvalue weighted by atomic mass is 32.2. The average Bonchev–Trinajstić information content (AvgIpc) is 3.89. The molecular weight excluding hydrogens is 759 g/mol. The van der Waals surface area contributed by atoms with Crippen LogP contribution >= 0.6 is 0 Å². The molecule has 2 saturated heterocycles. The molecule has 4 N–H and O–H groups in total. The van der Waals surface area contributed by atoms with Gasteiger partial charge in [0.05, 0.1) is 6.04 Å². The molecule has 2 aliphatic heterocycles. The molecule has 2 heterocycles. The second-order valence-corrected chi connectivity index (χ2v) is 21.3. The predicted molar refractivity (Wildman–Crippen MR) is 222 cm³/mol. The zero-order chi connectivity index (χ0) is 42.6. The lowest BCUT2D eigenvalue weighted by Gasteiger charge is -2.43.